The summed E-state index contributed by atoms with van der Waals surface area (Å²) < 4.78 is 5.73. The first-order valence-corrected chi connectivity index (χ1v) is 10.4. The number of amides is 1. The number of likely N-dealkylation sites (tertiary alicyclic amines) is 1. The van der Waals surface area contributed by atoms with E-state index < -0.39 is 5.60 Å². The molecule has 1 aromatic carbocycles. The molecule has 3 rings (SSSR count). The van der Waals surface area contributed by atoms with E-state index in [2.05, 4.69) is 10.2 Å². The Kier molecular flexibility index (Phi) is 6.90. The maximum atomic E-state index is 12.6. The lowest BCUT2D eigenvalue weighted by atomic mass is 9.97. The first kappa shape index (κ1) is 20.3. The molecular weight excluding hydrogens is 340 g/mol. The number of aliphatic hydroxyl groups is 1. The highest BCUT2D eigenvalue weighted by molar-refractivity contribution is 5.94. The molecule has 0 aromatic heterocycles. The zero-order chi connectivity index (χ0) is 19.3. The number of benzene rings is 1. The van der Waals surface area contributed by atoms with Crippen LogP contribution in [0.15, 0.2) is 24.3 Å². The summed E-state index contributed by atoms with van der Waals surface area (Å²) in [6.45, 7) is 7.62. The average Bonchev–Trinajstić information content (AvgIpc) is 3.14. The van der Waals surface area contributed by atoms with E-state index in [1.807, 2.05) is 38.1 Å². The average molecular weight is 375 g/mol. The van der Waals surface area contributed by atoms with Gasteiger partial charge >= 0.3 is 0 Å². The zero-order valence-electron chi connectivity index (χ0n) is 16.7. The first-order chi connectivity index (χ1) is 12.9. The van der Waals surface area contributed by atoms with E-state index in [0.29, 0.717) is 18.1 Å². The van der Waals surface area contributed by atoms with Gasteiger partial charge in [-0.15, -0.1) is 0 Å². The number of rotatable bonds is 7. The number of nitrogens with zero attached hydrogens (tertiary/aromatic N) is 1. The molecule has 2 heterocycles. The highest BCUT2D eigenvalue weighted by atomic mass is 16.5. The quantitative estimate of drug-likeness (QED) is 0.770. The second-order valence-corrected chi connectivity index (χ2v) is 8.70. The lowest BCUT2D eigenvalue weighted by Gasteiger charge is -2.33. The van der Waals surface area contributed by atoms with Gasteiger partial charge in [-0.2, -0.15) is 0 Å². The summed E-state index contributed by atoms with van der Waals surface area (Å²) in [6.07, 6.45) is 6.22. The minimum absolute atomic E-state index is 0.0117. The van der Waals surface area contributed by atoms with Gasteiger partial charge in [0.1, 0.15) is 0 Å². The Morgan fingerprint density at radius 2 is 2.07 bits per heavy atom. The van der Waals surface area contributed by atoms with E-state index in [-0.39, 0.29) is 11.9 Å². The maximum absolute atomic E-state index is 12.6. The van der Waals surface area contributed by atoms with Crippen LogP contribution in [0.5, 0.6) is 0 Å². The summed E-state index contributed by atoms with van der Waals surface area (Å²) in [7, 11) is 0. The summed E-state index contributed by atoms with van der Waals surface area (Å²) in [6, 6.07) is 8.02. The molecule has 27 heavy (non-hydrogen) atoms. The second kappa shape index (κ2) is 9.18. The molecule has 2 aliphatic rings. The van der Waals surface area contributed by atoms with E-state index >= 15 is 0 Å². The van der Waals surface area contributed by atoms with Gasteiger partial charge in [-0.1, -0.05) is 12.1 Å². The summed E-state index contributed by atoms with van der Waals surface area (Å²) in [5.74, 6) is 0.0117. The Balaban J connectivity index is 1.45. The Hall–Kier alpha value is -1.43. The van der Waals surface area contributed by atoms with Crippen LogP contribution < -0.4 is 5.32 Å². The van der Waals surface area contributed by atoms with Crippen LogP contribution in [0.2, 0.25) is 0 Å². The van der Waals surface area contributed by atoms with Crippen LogP contribution in [0.3, 0.4) is 0 Å². The number of carbonyl (C=O) groups is 1. The number of piperidine rings is 1. The lowest BCUT2D eigenvalue weighted by Crippen LogP contribution is -2.46. The molecule has 150 valence electrons. The molecule has 0 saturated carbocycles. The van der Waals surface area contributed by atoms with Gasteiger partial charge in [-0.3, -0.25) is 4.79 Å². The van der Waals surface area contributed by atoms with Gasteiger partial charge in [-0.25, -0.2) is 0 Å². The smallest absolute Gasteiger partial charge is 0.251 e. The predicted octanol–water partition coefficient (Wildman–Crippen LogP) is 2.76. The van der Waals surface area contributed by atoms with Gasteiger partial charge in [0.05, 0.1) is 11.7 Å². The summed E-state index contributed by atoms with van der Waals surface area (Å²) in [4.78, 5) is 15.1. The van der Waals surface area contributed by atoms with E-state index in [0.717, 1.165) is 51.1 Å². The van der Waals surface area contributed by atoms with Crippen molar-refractivity contribution in [3.63, 3.8) is 0 Å². The molecular formula is C22H34N2O3. The molecule has 2 aliphatic heterocycles. The highest BCUT2D eigenvalue weighted by Crippen LogP contribution is 2.18. The number of carbonyl (C=O) groups excluding carboxylic acids is 1. The number of ether oxygens (including phenoxy) is 1. The normalized spacial score (nSPS) is 22.1. The fraction of sp³-hybridized carbons (Fsp3) is 0.682. The monoisotopic (exact) mass is 374 g/mol. The molecule has 0 radical (unpaired) electrons. The van der Waals surface area contributed by atoms with Gasteiger partial charge in [0.15, 0.2) is 0 Å². The maximum Gasteiger partial charge on any atom is 0.251 e. The van der Waals surface area contributed by atoms with Crippen molar-refractivity contribution in [2.45, 2.75) is 70.1 Å². The molecule has 5 heteroatoms. The highest BCUT2D eigenvalue weighted by Gasteiger charge is 2.25. The summed E-state index contributed by atoms with van der Waals surface area (Å²) in [5, 5.41) is 13.1. The van der Waals surface area contributed by atoms with Crippen LogP contribution in [-0.4, -0.2) is 59.9 Å². The molecule has 1 atom stereocenters. The van der Waals surface area contributed by atoms with Gasteiger partial charge < -0.3 is 20.1 Å². The Morgan fingerprint density at radius 3 is 2.74 bits per heavy atom. The molecule has 2 saturated heterocycles. The van der Waals surface area contributed by atoms with Gasteiger partial charge in [0.25, 0.3) is 5.91 Å². The van der Waals surface area contributed by atoms with Crippen molar-refractivity contribution in [2.24, 2.45) is 0 Å². The Morgan fingerprint density at radius 1 is 1.30 bits per heavy atom. The molecule has 0 unspecified atom stereocenters. The SMILES string of the molecule is CC(C)(O)CCc1cccc(C(=O)NC2CCN(C[C@@H]3CCCO3)CC2)c1. The second-order valence-electron chi connectivity index (χ2n) is 8.70. The minimum atomic E-state index is -0.685. The number of hydrogen-bond acceptors (Lipinski definition) is 4. The Bertz CT molecular complexity index is 612. The number of aryl methyl sites for hydroxylation is 1. The van der Waals surface area contributed by atoms with Crippen molar-refractivity contribution in [1.29, 1.82) is 0 Å². The van der Waals surface area contributed by atoms with Gasteiger partial charge in [-0.05, 0) is 70.1 Å². The molecule has 0 spiro atoms. The molecule has 1 amide bonds. The van der Waals surface area contributed by atoms with Crippen molar-refractivity contribution in [1.82, 2.24) is 10.2 Å². The molecule has 5 nitrogen and oxygen atoms in total. The largest absolute Gasteiger partial charge is 0.390 e. The fourth-order valence-corrected chi connectivity index (χ4v) is 3.92. The van der Waals surface area contributed by atoms with Crippen molar-refractivity contribution in [3.05, 3.63) is 35.4 Å². The van der Waals surface area contributed by atoms with E-state index in [1.54, 1.807) is 0 Å². The number of hydrogen-bond donors (Lipinski definition) is 2. The van der Waals surface area contributed by atoms with Crippen LogP contribution in [0.25, 0.3) is 0 Å². The van der Waals surface area contributed by atoms with Crippen LogP contribution in [0.1, 0.15) is 61.9 Å². The van der Waals surface area contributed by atoms with Crippen LogP contribution >= 0.6 is 0 Å². The van der Waals surface area contributed by atoms with Crippen molar-refractivity contribution in [3.8, 4) is 0 Å². The van der Waals surface area contributed by atoms with E-state index in [9.17, 15) is 9.90 Å². The topological polar surface area (TPSA) is 61.8 Å². The minimum Gasteiger partial charge on any atom is -0.390 e. The molecule has 2 N–H and O–H groups in total. The van der Waals surface area contributed by atoms with Crippen LogP contribution in [0, 0.1) is 0 Å². The third-order valence-electron chi connectivity index (χ3n) is 5.62. The third kappa shape index (κ3) is 6.59. The van der Waals surface area contributed by atoms with Gasteiger partial charge in [0.2, 0.25) is 0 Å². The standard InChI is InChI=1S/C22H34N2O3/c1-22(2,26)11-8-17-5-3-6-18(15-17)21(25)23-19-9-12-24(13-10-19)16-20-7-4-14-27-20/h3,5-6,15,19-20,26H,4,7-14,16H2,1-2H3,(H,23,25)/t20-/m0/s1. The van der Waals surface area contributed by atoms with E-state index in [1.165, 1.54) is 12.8 Å². The van der Waals surface area contributed by atoms with Crippen LogP contribution in [-0.2, 0) is 11.2 Å². The van der Waals surface area contributed by atoms with Crippen molar-refractivity contribution < 1.29 is 14.6 Å². The third-order valence-corrected chi connectivity index (χ3v) is 5.62. The van der Waals surface area contributed by atoms with Crippen molar-refractivity contribution >= 4 is 5.91 Å². The first-order valence-electron chi connectivity index (χ1n) is 10.4. The molecule has 2 fully saturated rings. The molecule has 0 bridgehead atoms. The summed E-state index contributed by atoms with van der Waals surface area (Å²) in [5.41, 5.74) is 1.12. The number of nitrogens with one attached hydrogen (secondary N) is 1. The lowest BCUT2D eigenvalue weighted by molar-refractivity contribution is 0.0613. The van der Waals surface area contributed by atoms with Crippen LogP contribution in [0.4, 0.5) is 0 Å². The zero-order valence-corrected chi connectivity index (χ0v) is 16.7. The Labute approximate surface area is 163 Å². The fourth-order valence-electron chi connectivity index (χ4n) is 3.92. The summed E-state index contributed by atoms with van der Waals surface area (Å²) >= 11 is 0. The van der Waals surface area contributed by atoms with Crippen molar-refractivity contribution in [2.75, 3.05) is 26.2 Å². The van der Waals surface area contributed by atoms with Gasteiger partial charge in [0, 0.05) is 37.8 Å². The molecule has 0 aliphatic carbocycles. The van der Waals surface area contributed by atoms with E-state index in [4.69, 9.17) is 4.74 Å². The predicted molar refractivity (Wildman–Crippen MR) is 107 cm³/mol. The molecule has 1 aromatic rings.